The second-order valence-electron chi connectivity index (χ2n) is 7.88. The van der Waals surface area contributed by atoms with Crippen LogP contribution >= 0.6 is 0 Å². The third-order valence-corrected chi connectivity index (χ3v) is 6.07. The molecule has 1 N–H and O–H groups in total. The van der Waals surface area contributed by atoms with Crippen molar-refractivity contribution in [3.05, 3.63) is 30.1 Å². The Kier molecular flexibility index (Phi) is 5.17. The van der Waals surface area contributed by atoms with E-state index in [1.54, 1.807) is 0 Å². The highest BCUT2D eigenvalue weighted by Crippen LogP contribution is 2.28. The molecule has 3 heteroatoms. The lowest BCUT2D eigenvalue weighted by Gasteiger charge is -2.25. The van der Waals surface area contributed by atoms with Crippen LogP contribution in [-0.2, 0) is 13.0 Å². The normalized spacial score (nSPS) is 22.9. The first kappa shape index (κ1) is 16.1. The quantitative estimate of drug-likeness (QED) is 0.874. The monoisotopic (exact) mass is 325 g/mol. The number of imidazole rings is 1. The molecule has 1 aliphatic carbocycles. The number of hydrogen-bond donors (Lipinski definition) is 1. The highest BCUT2D eigenvalue weighted by atomic mass is 15.1. The van der Waals surface area contributed by atoms with Crippen molar-refractivity contribution >= 4 is 11.0 Å². The van der Waals surface area contributed by atoms with Gasteiger partial charge >= 0.3 is 0 Å². The standard InChI is InChI=1S/C21H31N3/c1-2-7-17(8-3-1)12-13-21-23-19-10-4-5-11-20(19)24(21)16-18-9-6-14-22-15-18/h4-5,10-11,17-18,22H,1-3,6-9,12-16H2. The Morgan fingerprint density at radius 2 is 1.83 bits per heavy atom. The van der Waals surface area contributed by atoms with Gasteiger partial charge in [0.15, 0.2) is 0 Å². The minimum atomic E-state index is 0.754. The van der Waals surface area contributed by atoms with Crippen molar-refractivity contribution in [2.24, 2.45) is 11.8 Å². The molecule has 0 bridgehead atoms. The largest absolute Gasteiger partial charge is 0.328 e. The maximum atomic E-state index is 5.01. The third-order valence-electron chi connectivity index (χ3n) is 6.07. The molecular weight excluding hydrogens is 294 g/mol. The van der Waals surface area contributed by atoms with E-state index in [1.165, 1.54) is 74.8 Å². The molecule has 1 saturated heterocycles. The van der Waals surface area contributed by atoms with Crippen LogP contribution in [0.15, 0.2) is 24.3 Å². The average molecular weight is 326 g/mol. The molecule has 24 heavy (non-hydrogen) atoms. The van der Waals surface area contributed by atoms with E-state index < -0.39 is 0 Å². The number of nitrogens with zero attached hydrogens (tertiary/aromatic N) is 2. The molecule has 1 aromatic heterocycles. The molecule has 1 aromatic carbocycles. The van der Waals surface area contributed by atoms with Crippen molar-refractivity contribution in [2.45, 2.75) is 64.3 Å². The van der Waals surface area contributed by atoms with Crippen LogP contribution in [0.5, 0.6) is 0 Å². The van der Waals surface area contributed by atoms with Gasteiger partial charge in [-0.05, 0) is 56.3 Å². The molecule has 1 saturated carbocycles. The van der Waals surface area contributed by atoms with E-state index in [4.69, 9.17) is 4.98 Å². The zero-order valence-corrected chi connectivity index (χ0v) is 14.8. The summed E-state index contributed by atoms with van der Waals surface area (Å²) in [5.74, 6) is 3.01. The second kappa shape index (κ2) is 7.69. The molecule has 2 heterocycles. The average Bonchev–Trinajstić information content (AvgIpc) is 2.99. The molecule has 3 nitrogen and oxygen atoms in total. The van der Waals surface area contributed by atoms with Gasteiger partial charge in [-0.2, -0.15) is 0 Å². The number of aromatic nitrogens is 2. The summed E-state index contributed by atoms with van der Waals surface area (Å²) < 4.78 is 2.54. The van der Waals surface area contributed by atoms with Crippen molar-refractivity contribution in [1.29, 1.82) is 0 Å². The van der Waals surface area contributed by atoms with Gasteiger partial charge in [0, 0.05) is 13.0 Å². The molecule has 2 aliphatic rings. The van der Waals surface area contributed by atoms with Gasteiger partial charge in [0.1, 0.15) is 5.82 Å². The van der Waals surface area contributed by atoms with E-state index in [9.17, 15) is 0 Å². The molecule has 4 rings (SSSR count). The summed E-state index contributed by atoms with van der Waals surface area (Å²) >= 11 is 0. The first-order valence-electron chi connectivity index (χ1n) is 10.0. The molecule has 2 fully saturated rings. The van der Waals surface area contributed by atoms with E-state index >= 15 is 0 Å². The van der Waals surface area contributed by atoms with Gasteiger partial charge in [0.2, 0.25) is 0 Å². The second-order valence-corrected chi connectivity index (χ2v) is 7.88. The molecule has 1 aliphatic heterocycles. The lowest BCUT2D eigenvalue weighted by Crippen LogP contribution is -2.32. The summed E-state index contributed by atoms with van der Waals surface area (Å²) in [6, 6.07) is 8.70. The van der Waals surface area contributed by atoms with Gasteiger partial charge in [-0.1, -0.05) is 44.2 Å². The number of hydrogen-bond acceptors (Lipinski definition) is 2. The van der Waals surface area contributed by atoms with Crippen molar-refractivity contribution < 1.29 is 0 Å². The highest BCUT2D eigenvalue weighted by molar-refractivity contribution is 5.75. The Bertz CT molecular complexity index is 648. The topological polar surface area (TPSA) is 29.9 Å². The first-order valence-corrected chi connectivity index (χ1v) is 10.0. The fourth-order valence-electron chi connectivity index (χ4n) is 4.67. The lowest BCUT2D eigenvalue weighted by molar-refractivity contribution is 0.324. The SMILES string of the molecule is c1ccc2c(c1)nc(CCC1CCCCC1)n2CC1CCCNC1. The minimum Gasteiger partial charge on any atom is -0.328 e. The van der Waals surface area contributed by atoms with Gasteiger partial charge in [-0.25, -0.2) is 4.98 Å². The summed E-state index contributed by atoms with van der Waals surface area (Å²) in [4.78, 5) is 5.01. The number of rotatable bonds is 5. The number of benzene rings is 1. The Morgan fingerprint density at radius 1 is 1.00 bits per heavy atom. The maximum Gasteiger partial charge on any atom is 0.109 e. The van der Waals surface area contributed by atoms with Gasteiger partial charge in [0.05, 0.1) is 11.0 Å². The molecule has 130 valence electrons. The predicted octanol–water partition coefficient (Wildman–Crippen LogP) is 4.55. The van der Waals surface area contributed by atoms with Crippen LogP contribution < -0.4 is 5.32 Å². The summed E-state index contributed by atoms with van der Waals surface area (Å²) in [7, 11) is 0. The Balaban J connectivity index is 1.52. The molecular formula is C21H31N3. The number of para-hydroxylation sites is 2. The van der Waals surface area contributed by atoms with Crippen LogP contribution in [0.3, 0.4) is 0 Å². The smallest absolute Gasteiger partial charge is 0.109 e. The van der Waals surface area contributed by atoms with E-state index in [0.29, 0.717) is 0 Å². The van der Waals surface area contributed by atoms with Crippen molar-refractivity contribution in [3.63, 3.8) is 0 Å². The van der Waals surface area contributed by atoms with Crippen LogP contribution in [0.25, 0.3) is 11.0 Å². The zero-order chi connectivity index (χ0) is 16.2. The molecule has 0 radical (unpaired) electrons. The first-order chi connectivity index (χ1) is 11.9. The minimum absolute atomic E-state index is 0.754. The molecule has 0 spiro atoms. The Morgan fingerprint density at radius 3 is 2.67 bits per heavy atom. The fraction of sp³-hybridized carbons (Fsp3) is 0.667. The molecule has 0 amide bonds. The van der Waals surface area contributed by atoms with E-state index in [2.05, 4.69) is 34.1 Å². The molecule has 1 atom stereocenters. The fourth-order valence-corrected chi connectivity index (χ4v) is 4.67. The number of fused-ring (bicyclic) bond motifs is 1. The zero-order valence-electron chi connectivity index (χ0n) is 14.8. The van der Waals surface area contributed by atoms with Crippen molar-refractivity contribution in [1.82, 2.24) is 14.9 Å². The van der Waals surface area contributed by atoms with Gasteiger partial charge < -0.3 is 9.88 Å². The van der Waals surface area contributed by atoms with Crippen LogP contribution in [0.2, 0.25) is 0 Å². The lowest BCUT2D eigenvalue weighted by atomic mass is 9.86. The van der Waals surface area contributed by atoms with Crippen molar-refractivity contribution in [2.75, 3.05) is 13.1 Å². The predicted molar refractivity (Wildman–Crippen MR) is 100 cm³/mol. The molecule has 2 aromatic rings. The van der Waals surface area contributed by atoms with E-state index in [1.807, 2.05) is 0 Å². The van der Waals surface area contributed by atoms with E-state index in [-0.39, 0.29) is 0 Å². The number of aryl methyl sites for hydroxylation is 1. The van der Waals surface area contributed by atoms with Crippen LogP contribution in [0, 0.1) is 11.8 Å². The Hall–Kier alpha value is -1.35. The van der Waals surface area contributed by atoms with Crippen LogP contribution in [0.4, 0.5) is 0 Å². The summed E-state index contributed by atoms with van der Waals surface area (Å²) in [6.45, 7) is 3.48. The summed E-state index contributed by atoms with van der Waals surface area (Å²) in [5, 5.41) is 3.56. The molecule has 1 unspecified atom stereocenters. The highest BCUT2D eigenvalue weighted by Gasteiger charge is 2.19. The third kappa shape index (κ3) is 3.66. The number of piperidine rings is 1. The van der Waals surface area contributed by atoms with Gasteiger partial charge in [0.25, 0.3) is 0 Å². The van der Waals surface area contributed by atoms with E-state index in [0.717, 1.165) is 31.3 Å². The van der Waals surface area contributed by atoms with Crippen molar-refractivity contribution in [3.8, 4) is 0 Å². The number of nitrogens with one attached hydrogen (secondary N) is 1. The van der Waals surface area contributed by atoms with Crippen LogP contribution in [0.1, 0.15) is 57.2 Å². The summed E-state index contributed by atoms with van der Waals surface area (Å²) in [6.07, 6.45) is 12.3. The van der Waals surface area contributed by atoms with Crippen LogP contribution in [-0.4, -0.2) is 22.6 Å². The Labute approximate surface area is 145 Å². The van der Waals surface area contributed by atoms with Gasteiger partial charge in [-0.15, -0.1) is 0 Å². The summed E-state index contributed by atoms with van der Waals surface area (Å²) in [5.41, 5.74) is 2.52. The maximum absolute atomic E-state index is 5.01. The van der Waals surface area contributed by atoms with Gasteiger partial charge in [-0.3, -0.25) is 0 Å².